The molecule has 1 amide bonds. The summed E-state index contributed by atoms with van der Waals surface area (Å²) in [5, 5.41) is 9.62. The quantitative estimate of drug-likeness (QED) is 0.328. The highest BCUT2D eigenvalue weighted by Crippen LogP contribution is 2.46. The third-order valence-electron chi connectivity index (χ3n) is 4.27. The Kier molecular flexibility index (Phi) is 7.78. The van der Waals surface area contributed by atoms with Gasteiger partial charge in [-0.15, -0.1) is 4.72 Å². The van der Waals surface area contributed by atoms with Crippen molar-refractivity contribution in [3.05, 3.63) is 23.8 Å². The zero-order valence-electron chi connectivity index (χ0n) is 16.5. The molecule has 1 heterocycles. The van der Waals surface area contributed by atoms with E-state index in [0.717, 1.165) is 10.5 Å². The number of benzene rings is 1. The lowest BCUT2D eigenvalue weighted by atomic mass is 10.0. The zero-order valence-corrected chi connectivity index (χ0v) is 18.2. The summed E-state index contributed by atoms with van der Waals surface area (Å²) in [6.45, 7) is 4.13. The monoisotopic (exact) mass is 434 g/mol. The molecular formula is C17H27N2O7PS. The van der Waals surface area contributed by atoms with Gasteiger partial charge in [0.1, 0.15) is 11.4 Å². The van der Waals surface area contributed by atoms with E-state index in [1.54, 1.807) is 12.1 Å². The molecule has 0 aromatic heterocycles. The molecule has 1 unspecified atom stereocenters. The Morgan fingerprint density at radius 2 is 2.11 bits per heavy atom. The Morgan fingerprint density at radius 1 is 1.43 bits per heavy atom. The summed E-state index contributed by atoms with van der Waals surface area (Å²) < 4.78 is 42.6. The number of fused-ring (bicyclic) bond motifs is 1. The Balaban J connectivity index is 1.99. The van der Waals surface area contributed by atoms with Crippen molar-refractivity contribution in [1.82, 2.24) is 4.72 Å². The number of para-hydroxylation sites is 1. The van der Waals surface area contributed by atoms with Crippen molar-refractivity contribution in [2.45, 2.75) is 32.3 Å². The molecule has 0 spiro atoms. The van der Waals surface area contributed by atoms with Crippen LogP contribution in [-0.4, -0.2) is 54.2 Å². The normalized spacial score (nSPS) is 16.3. The summed E-state index contributed by atoms with van der Waals surface area (Å²) in [5.41, 5.74) is 0.868. The predicted molar refractivity (Wildman–Crippen MR) is 107 cm³/mol. The van der Waals surface area contributed by atoms with Crippen molar-refractivity contribution >= 4 is 30.7 Å². The van der Waals surface area contributed by atoms with Crippen LogP contribution < -0.4 is 14.4 Å². The number of hydrogen-bond acceptors (Lipinski definition) is 7. The molecule has 0 aliphatic carbocycles. The third kappa shape index (κ3) is 5.85. The number of ether oxygens (including phenoxy) is 1. The molecule has 2 rings (SSSR count). The first-order valence-corrected chi connectivity index (χ1v) is 11.8. The highest BCUT2D eigenvalue weighted by Gasteiger charge is 2.35. The molecule has 158 valence electrons. The van der Waals surface area contributed by atoms with Crippen LogP contribution in [0.15, 0.2) is 18.2 Å². The number of anilines is 1. The van der Waals surface area contributed by atoms with Gasteiger partial charge >= 0.3 is 13.7 Å². The lowest BCUT2D eigenvalue weighted by molar-refractivity contribution is 0.138. The van der Waals surface area contributed by atoms with Gasteiger partial charge in [0, 0.05) is 32.7 Å². The molecule has 2 N–H and O–H groups in total. The average molecular weight is 434 g/mol. The smallest absolute Gasteiger partial charge is 0.415 e. The van der Waals surface area contributed by atoms with Crippen molar-refractivity contribution in [2.24, 2.45) is 0 Å². The van der Waals surface area contributed by atoms with E-state index in [-0.39, 0.29) is 18.6 Å². The van der Waals surface area contributed by atoms with Gasteiger partial charge < -0.3 is 23.4 Å². The van der Waals surface area contributed by atoms with Crippen LogP contribution in [0.1, 0.15) is 25.8 Å². The molecule has 1 aromatic rings. The first-order valence-electron chi connectivity index (χ1n) is 8.74. The molecule has 1 aromatic carbocycles. The fourth-order valence-corrected chi connectivity index (χ4v) is 4.93. The second kappa shape index (κ2) is 9.47. The van der Waals surface area contributed by atoms with Gasteiger partial charge in [0.25, 0.3) is 0 Å². The number of carbonyl (C=O) groups is 1. The number of nitrogens with one attached hydrogen (secondary N) is 1. The molecule has 1 atom stereocenters. The van der Waals surface area contributed by atoms with Crippen LogP contribution in [0.3, 0.4) is 0 Å². The summed E-state index contributed by atoms with van der Waals surface area (Å²) >= 11 is -1.65. The number of nitrogens with zero attached hydrogens (tertiary/aromatic N) is 1. The van der Waals surface area contributed by atoms with Gasteiger partial charge in [-0.3, -0.25) is 4.57 Å². The number of hydrogen-bond donors (Lipinski definition) is 2. The summed E-state index contributed by atoms with van der Waals surface area (Å²) in [6, 6.07) is 5.30. The van der Waals surface area contributed by atoms with Crippen molar-refractivity contribution in [3.63, 3.8) is 0 Å². The van der Waals surface area contributed by atoms with Crippen LogP contribution in [0, 0.1) is 0 Å². The van der Waals surface area contributed by atoms with E-state index in [0.29, 0.717) is 24.3 Å². The minimum atomic E-state index is -3.11. The van der Waals surface area contributed by atoms with Gasteiger partial charge in [0.2, 0.25) is 5.88 Å². The first-order chi connectivity index (χ1) is 13.1. The summed E-state index contributed by atoms with van der Waals surface area (Å²) in [4.78, 5) is 12.8. The molecule has 11 heteroatoms. The number of amides is 1. The predicted octanol–water partition coefficient (Wildman–Crippen LogP) is 2.97. The molecular weight excluding hydrogens is 407 g/mol. The molecule has 0 fully saturated rings. The Hall–Kier alpha value is -1.29. The second-order valence-corrected chi connectivity index (χ2v) is 10.6. The third-order valence-corrected chi connectivity index (χ3v) is 7.26. The summed E-state index contributed by atoms with van der Waals surface area (Å²) in [5.74, 6) is 0.245. The van der Waals surface area contributed by atoms with Crippen LogP contribution >= 0.6 is 7.60 Å². The number of rotatable bonds is 10. The van der Waals surface area contributed by atoms with Gasteiger partial charge in [-0.25, -0.2) is 9.69 Å². The average Bonchev–Trinajstić information content (AvgIpc) is 2.96. The molecule has 1 aliphatic heterocycles. The topological polar surface area (TPSA) is 120 Å². The van der Waals surface area contributed by atoms with Crippen LogP contribution in [-0.2, 0) is 31.4 Å². The molecule has 0 saturated carbocycles. The Morgan fingerprint density at radius 3 is 2.71 bits per heavy atom. The van der Waals surface area contributed by atoms with Crippen LogP contribution in [0.5, 0.6) is 5.75 Å². The minimum absolute atomic E-state index is 0.169. The van der Waals surface area contributed by atoms with Gasteiger partial charge in [-0.1, -0.05) is 12.1 Å². The van der Waals surface area contributed by atoms with Crippen molar-refractivity contribution in [2.75, 3.05) is 37.7 Å². The van der Waals surface area contributed by atoms with Gasteiger partial charge in [-0.05, 0) is 26.3 Å². The molecule has 0 radical (unpaired) electrons. The second-order valence-electron chi connectivity index (χ2n) is 6.94. The fourth-order valence-electron chi connectivity index (χ4n) is 2.92. The fraction of sp³-hybridized carbons (Fsp3) is 0.588. The molecule has 0 saturated heterocycles. The highest BCUT2D eigenvalue weighted by atomic mass is 32.2. The van der Waals surface area contributed by atoms with Crippen molar-refractivity contribution < 1.29 is 32.8 Å². The van der Waals surface area contributed by atoms with Crippen LogP contribution in [0.2, 0.25) is 0 Å². The Labute approximate surface area is 168 Å². The van der Waals surface area contributed by atoms with Gasteiger partial charge in [0.15, 0.2) is 0 Å². The van der Waals surface area contributed by atoms with Crippen molar-refractivity contribution in [3.8, 4) is 5.75 Å². The van der Waals surface area contributed by atoms with Crippen LogP contribution in [0.25, 0.3) is 0 Å². The summed E-state index contributed by atoms with van der Waals surface area (Å²) in [7, 11) is -0.498. The maximum atomic E-state index is 12.3. The zero-order chi connectivity index (χ0) is 20.9. The van der Waals surface area contributed by atoms with Crippen LogP contribution in [0.4, 0.5) is 10.5 Å². The van der Waals surface area contributed by atoms with Crippen molar-refractivity contribution in [1.29, 1.82) is 0 Å². The summed E-state index contributed by atoms with van der Waals surface area (Å²) in [6.07, 6.45) is 0.0158. The first kappa shape index (κ1) is 23.0. The lowest BCUT2D eigenvalue weighted by Crippen LogP contribution is -2.40. The molecule has 1 aliphatic rings. The van der Waals surface area contributed by atoms with Gasteiger partial charge in [-0.2, -0.15) is 0 Å². The van der Waals surface area contributed by atoms with E-state index >= 15 is 0 Å². The van der Waals surface area contributed by atoms with E-state index < -0.39 is 30.7 Å². The Bertz CT molecular complexity index is 738. The number of carboxylic acid groups (broad SMARTS) is 1. The highest BCUT2D eigenvalue weighted by molar-refractivity contribution is 7.89. The molecule has 9 nitrogen and oxygen atoms in total. The maximum Gasteiger partial charge on any atom is 0.415 e. The SMILES string of the molecule is COP(=O)(CCCN[S+]([O-])CN(C(=O)O)c1cccc2c1OC(C)(C)C2)OC. The standard InChI is InChI=1S/C17H27N2O7PS/c1-17(2)11-13-7-5-8-14(15(13)26-17)19(16(20)21)12-28(23)18-9-6-10-27(22,24-3)25-4/h5,7-8,18H,6,9-12H2,1-4H3,(H,20,21). The van der Waals surface area contributed by atoms with E-state index in [4.69, 9.17) is 13.8 Å². The van der Waals surface area contributed by atoms with E-state index in [2.05, 4.69) is 4.72 Å². The molecule has 28 heavy (non-hydrogen) atoms. The van der Waals surface area contributed by atoms with E-state index in [1.165, 1.54) is 14.2 Å². The molecule has 0 bridgehead atoms. The minimum Gasteiger partial charge on any atom is -0.597 e. The van der Waals surface area contributed by atoms with E-state index in [1.807, 2.05) is 19.9 Å². The largest absolute Gasteiger partial charge is 0.597 e. The van der Waals surface area contributed by atoms with E-state index in [9.17, 15) is 19.0 Å². The lowest BCUT2D eigenvalue weighted by Gasteiger charge is -2.24. The van der Waals surface area contributed by atoms with Gasteiger partial charge in [0.05, 0.1) is 23.2 Å². The maximum absolute atomic E-state index is 12.3.